The first-order valence-electron chi connectivity index (χ1n) is 8.18. The smallest absolute Gasteiger partial charge is 0.255 e. The van der Waals surface area contributed by atoms with Crippen LogP contribution in [-0.4, -0.2) is 13.0 Å². The van der Waals surface area contributed by atoms with Gasteiger partial charge in [-0.3, -0.25) is 4.79 Å². The summed E-state index contributed by atoms with van der Waals surface area (Å²) in [6.45, 7) is 0.371. The van der Waals surface area contributed by atoms with E-state index in [1.54, 1.807) is 18.2 Å². The Labute approximate surface area is 161 Å². The van der Waals surface area contributed by atoms with Gasteiger partial charge in [0.25, 0.3) is 5.91 Å². The molecule has 0 aromatic heterocycles. The van der Waals surface area contributed by atoms with Crippen LogP contribution in [0.5, 0.6) is 11.5 Å². The summed E-state index contributed by atoms with van der Waals surface area (Å²) in [7, 11) is 1.49. The molecule has 0 fully saturated rings. The zero-order chi connectivity index (χ0) is 19.2. The van der Waals surface area contributed by atoms with Crippen LogP contribution in [0.4, 0.5) is 10.1 Å². The molecule has 0 radical (unpaired) electrons. The number of ether oxygens (including phenoxy) is 2. The van der Waals surface area contributed by atoms with E-state index in [1.807, 2.05) is 30.3 Å². The summed E-state index contributed by atoms with van der Waals surface area (Å²) in [5, 5.41) is 2.44. The van der Waals surface area contributed by atoms with Crippen LogP contribution < -0.4 is 14.8 Å². The predicted octanol–water partition coefficient (Wildman–Crippen LogP) is 5.32. The molecule has 0 spiro atoms. The van der Waals surface area contributed by atoms with Gasteiger partial charge in [0.2, 0.25) is 0 Å². The number of anilines is 1. The van der Waals surface area contributed by atoms with Gasteiger partial charge in [0.05, 0.1) is 17.8 Å². The minimum absolute atomic E-state index is 0.0101. The maximum atomic E-state index is 14.0. The monoisotopic (exact) mass is 385 g/mol. The lowest BCUT2D eigenvalue weighted by Gasteiger charge is -2.13. The lowest BCUT2D eigenvalue weighted by molar-refractivity contribution is 0.102. The first kappa shape index (κ1) is 18.7. The maximum Gasteiger partial charge on any atom is 0.255 e. The van der Waals surface area contributed by atoms with Crippen molar-refractivity contribution in [3.63, 3.8) is 0 Å². The Hall–Kier alpha value is -3.05. The van der Waals surface area contributed by atoms with Crippen molar-refractivity contribution < 1.29 is 18.7 Å². The molecule has 3 aromatic rings. The molecular formula is C21H17ClFNO3. The van der Waals surface area contributed by atoms with E-state index in [4.69, 9.17) is 21.1 Å². The van der Waals surface area contributed by atoms with Crippen molar-refractivity contribution in [2.75, 3.05) is 12.4 Å². The Balaban J connectivity index is 1.75. The van der Waals surface area contributed by atoms with Gasteiger partial charge in [-0.05, 0) is 35.9 Å². The van der Waals surface area contributed by atoms with Crippen molar-refractivity contribution in [1.29, 1.82) is 0 Å². The van der Waals surface area contributed by atoms with Crippen molar-refractivity contribution in [2.24, 2.45) is 0 Å². The summed E-state index contributed by atoms with van der Waals surface area (Å²) in [5.41, 5.74) is 1.33. The van der Waals surface area contributed by atoms with Crippen molar-refractivity contribution in [3.8, 4) is 11.5 Å². The number of carbonyl (C=O) groups is 1. The Morgan fingerprint density at radius 2 is 1.81 bits per heavy atom. The van der Waals surface area contributed by atoms with E-state index in [9.17, 15) is 9.18 Å². The molecule has 6 heteroatoms. The zero-order valence-electron chi connectivity index (χ0n) is 14.5. The third kappa shape index (κ3) is 4.57. The van der Waals surface area contributed by atoms with E-state index in [0.717, 1.165) is 5.56 Å². The molecular weight excluding hydrogens is 369 g/mol. The van der Waals surface area contributed by atoms with Crippen molar-refractivity contribution in [1.82, 2.24) is 0 Å². The molecule has 0 saturated carbocycles. The average Bonchev–Trinajstić information content (AvgIpc) is 2.70. The van der Waals surface area contributed by atoms with Crippen LogP contribution in [0.3, 0.4) is 0 Å². The number of amides is 1. The van der Waals surface area contributed by atoms with Crippen LogP contribution in [0.1, 0.15) is 15.9 Å². The summed E-state index contributed by atoms with van der Waals surface area (Å²) >= 11 is 5.73. The summed E-state index contributed by atoms with van der Waals surface area (Å²) < 4.78 is 25.0. The van der Waals surface area contributed by atoms with Crippen molar-refractivity contribution >= 4 is 23.2 Å². The van der Waals surface area contributed by atoms with Crippen LogP contribution in [0.15, 0.2) is 66.7 Å². The second-order valence-electron chi connectivity index (χ2n) is 5.70. The quantitative estimate of drug-likeness (QED) is 0.624. The minimum Gasteiger partial charge on any atom is -0.493 e. The van der Waals surface area contributed by atoms with E-state index in [0.29, 0.717) is 23.7 Å². The zero-order valence-corrected chi connectivity index (χ0v) is 15.3. The van der Waals surface area contributed by atoms with Gasteiger partial charge in [-0.15, -0.1) is 0 Å². The molecule has 138 valence electrons. The first-order chi connectivity index (χ1) is 13.1. The van der Waals surface area contributed by atoms with Gasteiger partial charge in [0.1, 0.15) is 6.61 Å². The fourth-order valence-electron chi connectivity index (χ4n) is 2.46. The number of rotatable bonds is 6. The number of methoxy groups -OCH3 is 1. The van der Waals surface area contributed by atoms with Crippen LogP contribution in [-0.2, 0) is 6.61 Å². The molecule has 0 aliphatic rings. The Morgan fingerprint density at radius 3 is 2.56 bits per heavy atom. The molecule has 0 atom stereocenters. The summed E-state index contributed by atoms with van der Waals surface area (Å²) in [6, 6.07) is 18.9. The Kier molecular flexibility index (Phi) is 5.94. The number of benzene rings is 3. The molecule has 27 heavy (non-hydrogen) atoms. The summed E-state index contributed by atoms with van der Waals surface area (Å²) in [5.74, 6) is -0.247. The predicted molar refractivity (Wildman–Crippen MR) is 103 cm³/mol. The summed E-state index contributed by atoms with van der Waals surface area (Å²) in [6.07, 6.45) is 0. The molecule has 0 heterocycles. The second-order valence-corrected chi connectivity index (χ2v) is 6.10. The number of nitrogens with one attached hydrogen (secondary N) is 1. The highest BCUT2D eigenvalue weighted by molar-refractivity contribution is 6.31. The van der Waals surface area contributed by atoms with Gasteiger partial charge in [-0.1, -0.05) is 48.0 Å². The average molecular weight is 386 g/mol. The van der Waals surface area contributed by atoms with Crippen molar-refractivity contribution in [3.05, 3.63) is 88.7 Å². The topological polar surface area (TPSA) is 47.6 Å². The third-order valence-electron chi connectivity index (χ3n) is 3.86. The van der Waals surface area contributed by atoms with Gasteiger partial charge in [0, 0.05) is 5.56 Å². The van der Waals surface area contributed by atoms with Crippen LogP contribution in [0, 0.1) is 5.82 Å². The standard InChI is InChI=1S/C21H17ClFNO3/c1-26-19-12-15(21(25)24-17-9-5-8-16(22)20(17)23)10-11-18(19)27-13-14-6-3-2-4-7-14/h2-12H,13H2,1H3,(H,24,25). The minimum atomic E-state index is -0.678. The lowest BCUT2D eigenvalue weighted by atomic mass is 10.1. The van der Waals surface area contributed by atoms with Gasteiger partial charge < -0.3 is 14.8 Å². The summed E-state index contributed by atoms with van der Waals surface area (Å²) in [4.78, 5) is 12.4. The van der Waals surface area contributed by atoms with Gasteiger partial charge >= 0.3 is 0 Å². The number of carbonyl (C=O) groups excluding carboxylic acids is 1. The Morgan fingerprint density at radius 1 is 1.04 bits per heavy atom. The van der Waals surface area contributed by atoms with E-state index in [2.05, 4.69) is 5.32 Å². The van der Waals surface area contributed by atoms with E-state index < -0.39 is 11.7 Å². The highest BCUT2D eigenvalue weighted by atomic mass is 35.5. The van der Waals surface area contributed by atoms with Gasteiger partial charge in [0.15, 0.2) is 17.3 Å². The fraction of sp³-hybridized carbons (Fsp3) is 0.0952. The highest BCUT2D eigenvalue weighted by Crippen LogP contribution is 2.29. The lowest BCUT2D eigenvalue weighted by Crippen LogP contribution is -2.13. The second kappa shape index (κ2) is 8.56. The molecule has 0 saturated heterocycles. The third-order valence-corrected chi connectivity index (χ3v) is 4.15. The van der Waals surface area contributed by atoms with E-state index in [1.165, 1.54) is 25.3 Å². The molecule has 1 N–H and O–H groups in total. The van der Waals surface area contributed by atoms with Crippen LogP contribution in [0.2, 0.25) is 5.02 Å². The molecule has 0 bridgehead atoms. The molecule has 1 amide bonds. The number of hydrogen-bond acceptors (Lipinski definition) is 3. The van der Waals surface area contributed by atoms with Gasteiger partial charge in [-0.25, -0.2) is 4.39 Å². The van der Waals surface area contributed by atoms with Crippen molar-refractivity contribution in [2.45, 2.75) is 6.61 Å². The number of hydrogen-bond donors (Lipinski definition) is 1. The van der Waals surface area contributed by atoms with Crippen LogP contribution in [0.25, 0.3) is 0 Å². The molecule has 3 aromatic carbocycles. The van der Waals surface area contributed by atoms with E-state index >= 15 is 0 Å². The normalized spacial score (nSPS) is 10.3. The molecule has 0 aliphatic carbocycles. The molecule has 0 aliphatic heterocycles. The van der Waals surface area contributed by atoms with Gasteiger partial charge in [-0.2, -0.15) is 0 Å². The largest absolute Gasteiger partial charge is 0.493 e. The molecule has 3 rings (SSSR count). The van der Waals surface area contributed by atoms with Crippen LogP contribution >= 0.6 is 11.6 Å². The first-order valence-corrected chi connectivity index (χ1v) is 8.56. The number of halogens is 2. The Bertz CT molecular complexity index is 947. The maximum absolute atomic E-state index is 14.0. The molecule has 0 unspecified atom stereocenters. The SMILES string of the molecule is COc1cc(C(=O)Nc2cccc(Cl)c2F)ccc1OCc1ccccc1. The highest BCUT2D eigenvalue weighted by Gasteiger charge is 2.14. The van der Waals surface area contributed by atoms with E-state index in [-0.39, 0.29) is 10.7 Å². The molecule has 4 nitrogen and oxygen atoms in total. The fourth-order valence-corrected chi connectivity index (χ4v) is 2.63.